The normalized spacial score (nSPS) is 29.1. The molecule has 2 saturated heterocycles. The second-order valence-corrected chi connectivity index (χ2v) is 7.94. The lowest BCUT2D eigenvalue weighted by Gasteiger charge is -2.30. The van der Waals surface area contributed by atoms with Gasteiger partial charge in [0.05, 0.1) is 6.54 Å². The monoisotopic (exact) mass is 347 g/mol. The largest absolute Gasteiger partial charge is 0.424 e. The van der Waals surface area contributed by atoms with Crippen molar-refractivity contribution in [2.24, 2.45) is 5.92 Å². The first kappa shape index (κ1) is 17.0. The predicted octanol–water partition coefficient (Wildman–Crippen LogP) is 1.32. The number of nitrogens with zero attached hydrogens (tertiary/aromatic N) is 5. The molecule has 25 heavy (non-hydrogen) atoms. The Morgan fingerprint density at radius 3 is 2.76 bits per heavy atom. The first-order valence-electron chi connectivity index (χ1n) is 9.64. The number of aromatic nitrogens is 2. The number of amides is 1. The van der Waals surface area contributed by atoms with E-state index in [1.54, 1.807) is 6.92 Å². The van der Waals surface area contributed by atoms with E-state index in [9.17, 15) is 4.79 Å². The molecule has 1 amide bonds. The van der Waals surface area contributed by atoms with Crippen molar-refractivity contribution in [3.8, 4) is 0 Å². The van der Waals surface area contributed by atoms with Gasteiger partial charge in [-0.25, -0.2) is 0 Å². The summed E-state index contributed by atoms with van der Waals surface area (Å²) in [6, 6.07) is 0.553. The molecular formula is C18H29N5O2. The van der Waals surface area contributed by atoms with Crippen molar-refractivity contribution in [3.05, 3.63) is 11.8 Å². The maximum atomic E-state index is 11.6. The number of hydrogen-bond acceptors (Lipinski definition) is 6. The zero-order valence-electron chi connectivity index (χ0n) is 15.4. The van der Waals surface area contributed by atoms with Crippen LogP contribution in [0.3, 0.4) is 0 Å². The topological polar surface area (TPSA) is 65.7 Å². The van der Waals surface area contributed by atoms with Gasteiger partial charge in [0.1, 0.15) is 0 Å². The molecule has 0 radical (unpaired) electrons. The fraction of sp³-hybridized carbons (Fsp3) is 0.833. The average molecular weight is 347 g/mol. The quantitative estimate of drug-likeness (QED) is 0.818. The van der Waals surface area contributed by atoms with Gasteiger partial charge in [0.25, 0.3) is 0 Å². The summed E-state index contributed by atoms with van der Waals surface area (Å²) in [6.45, 7) is 10.7. The van der Waals surface area contributed by atoms with Crippen molar-refractivity contribution in [2.75, 3.05) is 39.3 Å². The van der Waals surface area contributed by atoms with Crippen LogP contribution in [0.2, 0.25) is 0 Å². The molecule has 1 aromatic rings. The van der Waals surface area contributed by atoms with E-state index in [0.717, 1.165) is 64.0 Å². The standard InChI is InChI=1S/C18H29N5O2/c1-13-10-21(12-17-19-20-18(25-17)15-4-5-15)11-16(13)23-7-3-6-22(8-9-23)14(2)24/h13,15-16H,3-12H2,1-2H3/t13-,16+/m0/s1. The highest BCUT2D eigenvalue weighted by molar-refractivity contribution is 5.73. The SMILES string of the molecule is CC(=O)N1CCCN([C@@H]2CN(Cc3nnc(C4CC4)o3)C[C@@H]2C)CC1. The molecule has 3 fully saturated rings. The minimum atomic E-state index is 0.200. The average Bonchev–Trinajstić information content (AvgIpc) is 3.29. The molecule has 0 spiro atoms. The molecule has 4 rings (SSSR count). The van der Waals surface area contributed by atoms with Crippen LogP contribution in [0.1, 0.15) is 50.8 Å². The van der Waals surface area contributed by atoms with Crippen molar-refractivity contribution >= 4 is 5.91 Å². The lowest BCUT2D eigenvalue weighted by molar-refractivity contribution is -0.128. The fourth-order valence-electron chi connectivity index (χ4n) is 4.25. The molecule has 138 valence electrons. The molecule has 0 unspecified atom stereocenters. The van der Waals surface area contributed by atoms with Crippen LogP contribution >= 0.6 is 0 Å². The van der Waals surface area contributed by atoms with Gasteiger partial charge >= 0.3 is 0 Å². The highest BCUT2D eigenvalue weighted by atomic mass is 16.4. The van der Waals surface area contributed by atoms with Crippen molar-refractivity contribution < 1.29 is 9.21 Å². The van der Waals surface area contributed by atoms with Crippen molar-refractivity contribution in [1.29, 1.82) is 0 Å². The number of likely N-dealkylation sites (tertiary alicyclic amines) is 1. The van der Waals surface area contributed by atoms with E-state index >= 15 is 0 Å². The molecule has 0 bridgehead atoms. The number of carbonyl (C=O) groups excluding carboxylic acids is 1. The van der Waals surface area contributed by atoms with Gasteiger partial charge in [-0.2, -0.15) is 0 Å². The van der Waals surface area contributed by atoms with E-state index in [-0.39, 0.29) is 5.91 Å². The van der Waals surface area contributed by atoms with Gasteiger partial charge < -0.3 is 9.32 Å². The van der Waals surface area contributed by atoms with Crippen LogP contribution in [0, 0.1) is 5.92 Å². The van der Waals surface area contributed by atoms with E-state index in [4.69, 9.17) is 4.42 Å². The van der Waals surface area contributed by atoms with Gasteiger partial charge in [0.2, 0.25) is 17.7 Å². The summed E-state index contributed by atoms with van der Waals surface area (Å²) in [6.07, 6.45) is 3.45. The van der Waals surface area contributed by atoms with E-state index in [2.05, 4.69) is 26.9 Å². The molecule has 1 saturated carbocycles. The Hall–Kier alpha value is -1.47. The third kappa shape index (κ3) is 3.87. The second kappa shape index (κ2) is 7.03. The van der Waals surface area contributed by atoms with Crippen LogP contribution in [-0.4, -0.2) is 76.1 Å². The maximum Gasteiger partial charge on any atom is 0.230 e. The second-order valence-electron chi connectivity index (χ2n) is 7.94. The summed E-state index contributed by atoms with van der Waals surface area (Å²) in [4.78, 5) is 18.6. The molecule has 7 nitrogen and oxygen atoms in total. The third-order valence-corrected chi connectivity index (χ3v) is 5.86. The van der Waals surface area contributed by atoms with E-state index in [0.29, 0.717) is 17.9 Å². The van der Waals surface area contributed by atoms with Crippen LogP contribution in [-0.2, 0) is 11.3 Å². The summed E-state index contributed by atoms with van der Waals surface area (Å²) in [5.74, 6) is 2.93. The van der Waals surface area contributed by atoms with Crippen LogP contribution in [0.5, 0.6) is 0 Å². The lowest BCUT2D eigenvalue weighted by Crippen LogP contribution is -2.42. The summed E-state index contributed by atoms with van der Waals surface area (Å²) >= 11 is 0. The Bertz CT molecular complexity index is 614. The molecular weight excluding hydrogens is 318 g/mol. The smallest absolute Gasteiger partial charge is 0.230 e. The van der Waals surface area contributed by atoms with Crippen LogP contribution < -0.4 is 0 Å². The van der Waals surface area contributed by atoms with Crippen LogP contribution in [0.15, 0.2) is 4.42 Å². The van der Waals surface area contributed by atoms with Crippen LogP contribution in [0.25, 0.3) is 0 Å². The van der Waals surface area contributed by atoms with Gasteiger partial charge in [-0.05, 0) is 25.2 Å². The summed E-state index contributed by atoms with van der Waals surface area (Å²) in [5.41, 5.74) is 0. The summed E-state index contributed by atoms with van der Waals surface area (Å²) < 4.78 is 5.82. The highest BCUT2D eigenvalue weighted by Gasteiger charge is 2.36. The first-order valence-corrected chi connectivity index (χ1v) is 9.64. The Morgan fingerprint density at radius 1 is 1.16 bits per heavy atom. The number of rotatable bonds is 4. The molecule has 2 atom stereocenters. The zero-order valence-corrected chi connectivity index (χ0v) is 15.4. The Labute approximate surface area is 149 Å². The molecule has 3 aliphatic rings. The van der Waals surface area contributed by atoms with E-state index < -0.39 is 0 Å². The third-order valence-electron chi connectivity index (χ3n) is 5.86. The highest BCUT2D eigenvalue weighted by Crippen LogP contribution is 2.39. The van der Waals surface area contributed by atoms with Crippen molar-refractivity contribution in [3.63, 3.8) is 0 Å². The van der Waals surface area contributed by atoms with Gasteiger partial charge in [-0.15, -0.1) is 10.2 Å². The lowest BCUT2D eigenvalue weighted by atomic mass is 10.0. The molecule has 3 heterocycles. The minimum Gasteiger partial charge on any atom is -0.424 e. The fourth-order valence-corrected chi connectivity index (χ4v) is 4.25. The number of carbonyl (C=O) groups is 1. The minimum absolute atomic E-state index is 0.200. The molecule has 1 aromatic heterocycles. The molecule has 2 aliphatic heterocycles. The predicted molar refractivity (Wildman–Crippen MR) is 92.9 cm³/mol. The van der Waals surface area contributed by atoms with Gasteiger partial charge in [-0.3, -0.25) is 14.6 Å². The van der Waals surface area contributed by atoms with Gasteiger partial charge in [0.15, 0.2) is 0 Å². The molecule has 1 aliphatic carbocycles. The number of hydrogen-bond donors (Lipinski definition) is 0. The maximum absolute atomic E-state index is 11.6. The first-order chi connectivity index (χ1) is 12.1. The Morgan fingerprint density at radius 2 is 2.00 bits per heavy atom. The molecule has 0 N–H and O–H groups in total. The zero-order chi connectivity index (χ0) is 17.4. The van der Waals surface area contributed by atoms with Crippen molar-refractivity contribution in [1.82, 2.24) is 24.9 Å². The Kier molecular flexibility index (Phi) is 4.78. The van der Waals surface area contributed by atoms with E-state index in [1.165, 1.54) is 12.8 Å². The van der Waals surface area contributed by atoms with Crippen LogP contribution in [0.4, 0.5) is 0 Å². The van der Waals surface area contributed by atoms with Gasteiger partial charge in [-0.1, -0.05) is 6.92 Å². The summed E-state index contributed by atoms with van der Waals surface area (Å²) in [7, 11) is 0. The van der Waals surface area contributed by atoms with E-state index in [1.807, 2.05) is 4.90 Å². The van der Waals surface area contributed by atoms with Crippen molar-refractivity contribution in [2.45, 2.75) is 51.6 Å². The Balaban J connectivity index is 1.33. The molecule has 7 heteroatoms. The van der Waals surface area contributed by atoms with Gasteiger partial charge in [0, 0.05) is 58.2 Å². The molecule has 0 aromatic carbocycles. The summed E-state index contributed by atoms with van der Waals surface area (Å²) in [5, 5.41) is 8.43.